The summed E-state index contributed by atoms with van der Waals surface area (Å²) in [4.78, 5) is 20.6. The van der Waals surface area contributed by atoms with E-state index < -0.39 is 0 Å². The van der Waals surface area contributed by atoms with Crippen molar-refractivity contribution in [2.24, 2.45) is 0 Å². The molecule has 0 aliphatic heterocycles. The van der Waals surface area contributed by atoms with E-state index in [0.29, 0.717) is 5.82 Å². The van der Waals surface area contributed by atoms with Gasteiger partial charge in [0.05, 0.1) is 33.8 Å². The Labute approximate surface area is 391 Å². The molecule has 0 amide bonds. The van der Waals surface area contributed by atoms with Crippen molar-refractivity contribution in [1.82, 2.24) is 29.1 Å². The first kappa shape index (κ1) is 38.3. The molecular weight excluding hydrogens is 829 g/mol. The van der Waals surface area contributed by atoms with Crippen molar-refractivity contribution in [3.63, 3.8) is 0 Å². The smallest absolute Gasteiger partial charge is 0.160 e. The molecule has 5 heterocycles. The van der Waals surface area contributed by atoms with Gasteiger partial charge in [0.25, 0.3) is 0 Å². The summed E-state index contributed by atoms with van der Waals surface area (Å²) in [6.07, 6.45) is 10.5. The van der Waals surface area contributed by atoms with Gasteiger partial charge in [-0.15, -0.1) is 0 Å². The summed E-state index contributed by atoms with van der Waals surface area (Å²) < 4.78 is 4.55. The van der Waals surface area contributed by atoms with E-state index in [-0.39, 0.29) is 0 Å². The van der Waals surface area contributed by atoms with Gasteiger partial charge in [-0.2, -0.15) is 0 Å². The van der Waals surface area contributed by atoms with Crippen LogP contribution in [0.2, 0.25) is 0 Å². The summed E-state index contributed by atoms with van der Waals surface area (Å²) in [5.41, 5.74) is 15.6. The van der Waals surface area contributed by atoms with Gasteiger partial charge in [0.15, 0.2) is 5.82 Å². The molecule has 0 spiro atoms. The van der Waals surface area contributed by atoms with Crippen LogP contribution in [0.15, 0.2) is 213 Å². The predicted molar refractivity (Wildman–Crippen MR) is 280 cm³/mol. The Hall–Kier alpha value is -9.00. The Morgan fingerprint density at radius 2 is 0.926 bits per heavy atom. The second-order valence-electron chi connectivity index (χ2n) is 17.7. The summed E-state index contributed by atoms with van der Waals surface area (Å²) in [7, 11) is 0. The molecule has 5 aromatic heterocycles. The van der Waals surface area contributed by atoms with Gasteiger partial charge < -0.3 is 0 Å². The van der Waals surface area contributed by atoms with E-state index in [1.807, 2.05) is 42.7 Å². The Balaban J connectivity index is 0.961. The molecule has 318 valence electrons. The number of para-hydroxylation sites is 2. The molecule has 0 fully saturated rings. The molecule has 13 aromatic rings. The molecule has 6 nitrogen and oxygen atoms in total. The molecule has 0 saturated carbocycles. The Bertz CT molecular complexity index is 3960. The molecular formula is C62H40N6. The minimum atomic E-state index is 0.657. The van der Waals surface area contributed by atoms with Crippen LogP contribution in [0.4, 0.5) is 0 Å². The van der Waals surface area contributed by atoms with Crippen molar-refractivity contribution in [2.75, 3.05) is 0 Å². The number of hydrogen-bond donors (Lipinski definition) is 0. The SMILES string of the molecule is C1=Cc2c(c3ccccc3c3cc(-c4ccc(-c5cc(-c6cc(-n7c8ccccc8c8cccnc87)cc(-n7c8ccccc8c8cccnc87)c6)nc(-c6ccccc6)n5)cc4)ccc23)CC1. The maximum atomic E-state index is 5.38. The number of aromatic nitrogens is 6. The standard InChI is InChI=1S/C62H40N6/c1-2-14-41(15-3-1)60-65-56(40-28-26-39(27-29-40)42-30-31-50-48-18-5-4-16-46(48)47-17-6-7-19-49(47)55(50)36-42)38-57(66-60)43-34-44(67-58-24-10-8-20-51(58)53-22-12-32-63-61(53)67)37-45(35-43)68-59-25-11-9-21-52(59)54-23-13-33-64-62(54)68/h1-3,5-15,17-38H,4,16H2. The molecule has 0 saturated heterocycles. The molecule has 0 N–H and O–H groups in total. The highest BCUT2D eigenvalue weighted by Gasteiger charge is 2.21. The third-order valence-corrected chi connectivity index (χ3v) is 13.9. The number of pyridine rings is 2. The number of aryl methyl sites for hydroxylation is 1. The normalized spacial score (nSPS) is 12.5. The lowest BCUT2D eigenvalue weighted by Gasteiger charge is -2.18. The largest absolute Gasteiger partial charge is 0.294 e. The zero-order valence-electron chi connectivity index (χ0n) is 36.9. The lowest BCUT2D eigenvalue weighted by Crippen LogP contribution is -2.02. The molecule has 0 bridgehead atoms. The molecule has 0 atom stereocenters. The maximum Gasteiger partial charge on any atom is 0.160 e. The van der Waals surface area contributed by atoms with Crippen LogP contribution in [-0.4, -0.2) is 29.1 Å². The van der Waals surface area contributed by atoms with Gasteiger partial charge in [-0.25, -0.2) is 19.9 Å². The van der Waals surface area contributed by atoms with E-state index >= 15 is 0 Å². The summed E-state index contributed by atoms with van der Waals surface area (Å²) in [5, 5.41) is 9.76. The molecule has 8 aromatic carbocycles. The van der Waals surface area contributed by atoms with Crippen LogP contribution in [0.5, 0.6) is 0 Å². The number of nitrogens with zero attached hydrogens (tertiary/aromatic N) is 6. The second kappa shape index (κ2) is 15.3. The highest BCUT2D eigenvalue weighted by atomic mass is 15.1. The van der Waals surface area contributed by atoms with Crippen LogP contribution >= 0.6 is 0 Å². The first-order chi connectivity index (χ1) is 33.7. The van der Waals surface area contributed by atoms with Gasteiger partial charge in [0.1, 0.15) is 11.3 Å². The Morgan fingerprint density at radius 1 is 0.368 bits per heavy atom. The van der Waals surface area contributed by atoms with E-state index in [2.05, 4.69) is 185 Å². The maximum absolute atomic E-state index is 5.38. The molecule has 0 unspecified atom stereocenters. The van der Waals surface area contributed by atoms with E-state index in [4.69, 9.17) is 19.9 Å². The lowest BCUT2D eigenvalue weighted by molar-refractivity contribution is 1.00. The first-order valence-electron chi connectivity index (χ1n) is 23.3. The molecule has 0 radical (unpaired) electrons. The highest BCUT2D eigenvalue weighted by molar-refractivity contribution is 6.14. The van der Waals surface area contributed by atoms with Gasteiger partial charge in [-0.1, -0.05) is 140 Å². The summed E-state index contributed by atoms with van der Waals surface area (Å²) in [5.74, 6) is 0.657. The average Bonchev–Trinajstić information content (AvgIpc) is 3.94. The van der Waals surface area contributed by atoms with Crippen molar-refractivity contribution in [3.8, 4) is 56.4 Å². The molecule has 68 heavy (non-hydrogen) atoms. The van der Waals surface area contributed by atoms with Crippen molar-refractivity contribution < 1.29 is 0 Å². The number of fused-ring (bicyclic) bond motifs is 12. The predicted octanol–water partition coefficient (Wildman–Crippen LogP) is 15.4. The molecule has 6 heteroatoms. The summed E-state index contributed by atoms with van der Waals surface area (Å²) in [6.45, 7) is 0. The monoisotopic (exact) mass is 868 g/mol. The number of hydrogen-bond acceptors (Lipinski definition) is 4. The third-order valence-electron chi connectivity index (χ3n) is 13.9. The fraction of sp³-hybridized carbons (Fsp3) is 0.0323. The van der Waals surface area contributed by atoms with Gasteiger partial charge in [0, 0.05) is 50.6 Å². The van der Waals surface area contributed by atoms with Crippen molar-refractivity contribution in [3.05, 3.63) is 224 Å². The zero-order valence-corrected chi connectivity index (χ0v) is 36.9. The van der Waals surface area contributed by atoms with Crippen molar-refractivity contribution in [2.45, 2.75) is 12.8 Å². The summed E-state index contributed by atoms with van der Waals surface area (Å²) >= 11 is 0. The quantitative estimate of drug-likeness (QED) is 0.156. The van der Waals surface area contributed by atoms with Crippen molar-refractivity contribution >= 4 is 71.5 Å². The minimum Gasteiger partial charge on any atom is -0.294 e. The van der Waals surface area contributed by atoms with E-state index in [1.165, 1.54) is 38.2 Å². The van der Waals surface area contributed by atoms with Gasteiger partial charge in [-0.05, 0) is 123 Å². The topological polar surface area (TPSA) is 61.4 Å². The van der Waals surface area contributed by atoms with Crippen molar-refractivity contribution in [1.29, 1.82) is 0 Å². The summed E-state index contributed by atoms with van der Waals surface area (Å²) in [6, 6.07) is 69.3. The second-order valence-corrected chi connectivity index (χ2v) is 17.7. The fourth-order valence-corrected chi connectivity index (χ4v) is 10.8. The van der Waals surface area contributed by atoms with E-state index in [0.717, 1.165) is 102 Å². The lowest BCUT2D eigenvalue weighted by atomic mass is 9.86. The number of rotatable bonds is 6. The average molecular weight is 869 g/mol. The number of benzene rings is 8. The van der Waals surface area contributed by atoms with Crippen LogP contribution in [0, 0.1) is 0 Å². The number of allylic oxidation sites excluding steroid dienone is 1. The van der Waals surface area contributed by atoms with Gasteiger partial charge in [0.2, 0.25) is 0 Å². The van der Waals surface area contributed by atoms with Crippen LogP contribution in [-0.2, 0) is 6.42 Å². The van der Waals surface area contributed by atoms with Crippen LogP contribution < -0.4 is 0 Å². The van der Waals surface area contributed by atoms with E-state index in [9.17, 15) is 0 Å². The Morgan fingerprint density at radius 3 is 1.60 bits per heavy atom. The van der Waals surface area contributed by atoms with Gasteiger partial charge in [-0.3, -0.25) is 9.13 Å². The van der Waals surface area contributed by atoms with Gasteiger partial charge >= 0.3 is 0 Å². The first-order valence-corrected chi connectivity index (χ1v) is 23.3. The Kier molecular flexibility index (Phi) is 8.61. The molecule has 1 aliphatic carbocycles. The molecule has 1 aliphatic rings. The van der Waals surface area contributed by atoms with Crippen LogP contribution in [0.25, 0.3) is 128 Å². The van der Waals surface area contributed by atoms with Crippen LogP contribution in [0.3, 0.4) is 0 Å². The molecule has 14 rings (SSSR count). The van der Waals surface area contributed by atoms with Crippen LogP contribution in [0.1, 0.15) is 17.5 Å². The zero-order chi connectivity index (χ0) is 44.7. The third kappa shape index (κ3) is 6.04. The minimum absolute atomic E-state index is 0.657. The fourth-order valence-electron chi connectivity index (χ4n) is 10.8. The highest BCUT2D eigenvalue weighted by Crippen LogP contribution is 2.41. The van der Waals surface area contributed by atoms with E-state index in [1.54, 1.807) is 0 Å².